The third-order valence-electron chi connectivity index (χ3n) is 4.81. The Morgan fingerprint density at radius 1 is 1.11 bits per heavy atom. The zero-order valence-electron chi connectivity index (χ0n) is 15.7. The highest BCUT2D eigenvalue weighted by Gasteiger charge is 2.24. The molecule has 5 nitrogen and oxygen atoms in total. The van der Waals surface area contributed by atoms with Crippen molar-refractivity contribution in [1.29, 1.82) is 0 Å². The Hall–Kier alpha value is -2.79. The van der Waals surface area contributed by atoms with Crippen LogP contribution in [-0.4, -0.2) is 37.5 Å². The van der Waals surface area contributed by atoms with Crippen LogP contribution < -0.4 is 15.5 Å². The van der Waals surface area contributed by atoms with Gasteiger partial charge in [0.1, 0.15) is 0 Å². The van der Waals surface area contributed by atoms with E-state index in [1.165, 1.54) is 0 Å². The summed E-state index contributed by atoms with van der Waals surface area (Å²) in [4.78, 5) is 27.0. The Morgan fingerprint density at radius 3 is 2.57 bits per heavy atom. The minimum atomic E-state index is -0.106. The summed E-state index contributed by atoms with van der Waals surface area (Å²) >= 11 is 5.97. The van der Waals surface area contributed by atoms with Crippen molar-refractivity contribution < 1.29 is 9.59 Å². The van der Waals surface area contributed by atoms with Crippen LogP contribution in [0.2, 0.25) is 5.02 Å². The predicted octanol–water partition coefficient (Wildman–Crippen LogP) is 3.65. The quantitative estimate of drug-likeness (QED) is 0.731. The molecule has 1 aliphatic heterocycles. The fourth-order valence-electron chi connectivity index (χ4n) is 3.36. The van der Waals surface area contributed by atoms with Crippen LogP contribution in [0.1, 0.15) is 33.6 Å². The van der Waals surface area contributed by atoms with Crippen LogP contribution in [0.4, 0.5) is 5.69 Å². The zero-order chi connectivity index (χ0) is 19.9. The van der Waals surface area contributed by atoms with E-state index >= 15 is 0 Å². The van der Waals surface area contributed by atoms with Crippen molar-refractivity contribution in [2.75, 3.05) is 24.5 Å². The highest BCUT2D eigenvalue weighted by molar-refractivity contribution is 6.30. The number of hydrogen-bond donors (Lipinski definition) is 2. The molecule has 3 rings (SSSR count). The summed E-state index contributed by atoms with van der Waals surface area (Å²) < 4.78 is 0. The Labute approximate surface area is 170 Å². The number of hydrogen-bond acceptors (Lipinski definition) is 3. The van der Waals surface area contributed by atoms with Gasteiger partial charge >= 0.3 is 0 Å². The SMILES string of the molecule is C=CCNC(=O)c1ccccc1N1CCC(NC(=O)c2cccc(Cl)c2)CC1. The fraction of sp³-hybridized carbons (Fsp3) is 0.273. The molecule has 28 heavy (non-hydrogen) atoms. The third-order valence-corrected chi connectivity index (χ3v) is 5.05. The summed E-state index contributed by atoms with van der Waals surface area (Å²) in [5.41, 5.74) is 2.15. The molecule has 0 bridgehead atoms. The number of carbonyl (C=O) groups excluding carboxylic acids is 2. The van der Waals surface area contributed by atoms with Crippen LogP contribution in [0.3, 0.4) is 0 Å². The molecule has 0 spiro atoms. The smallest absolute Gasteiger partial charge is 0.253 e. The normalized spacial score (nSPS) is 14.4. The maximum atomic E-state index is 12.4. The van der Waals surface area contributed by atoms with E-state index in [0.29, 0.717) is 22.7 Å². The van der Waals surface area contributed by atoms with Crippen molar-refractivity contribution in [1.82, 2.24) is 10.6 Å². The number of amides is 2. The molecule has 0 aliphatic carbocycles. The summed E-state index contributed by atoms with van der Waals surface area (Å²) in [5.74, 6) is -0.211. The van der Waals surface area contributed by atoms with E-state index in [0.717, 1.165) is 31.6 Å². The van der Waals surface area contributed by atoms with E-state index in [9.17, 15) is 9.59 Å². The van der Waals surface area contributed by atoms with Crippen LogP contribution >= 0.6 is 11.6 Å². The van der Waals surface area contributed by atoms with Gasteiger partial charge in [0, 0.05) is 41.9 Å². The minimum Gasteiger partial charge on any atom is -0.371 e. The van der Waals surface area contributed by atoms with E-state index in [2.05, 4.69) is 22.1 Å². The molecular weight excluding hydrogens is 374 g/mol. The Kier molecular flexibility index (Phi) is 6.71. The van der Waals surface area contributed by atoms with Crippen LogP contribution in [-0.2, 0) is 0 Å². The van der Waals surface area contributed by atoms with Crippen molar-refractivity contribution in [3.8, 4) is 0 Å². The highest BCUT2D eigenvalue weighted by Crippen LogP contribution is 2.24. The summed E-state index contributed by atoms with van der Waals surface area (Å²) in [6.45, 7) is 5.61. The Bertz CT molecular complexity index is 860. The molecule has 1 heterocycles. The second kappa shape index (κ2) is 9.42. The highest BCUT2D eigenvalue weighted by atomic mass is 35.5. The van der Waals surface area contributed by atoms with Crippen LogP contribution in [0, 0.1) is 0 Å². The van der Waals surface area contributed by atoms with Gasteiger partial charge in [0.05, 0.1) is 5.56 Å². The number of rotatable bonds is 6. The molecule has 2 amide bonds. The van der Waals surface area contributed by atoms with E-state index in [4.69, 9.17) is 11.6 Å². The van der Waals surface area contributed by atoms with Crippen molar-refractivity contribution in [3.63, 3.8) is 0 Å². The van der Waals surface area contributed by atoms with Crippen molar-refractivity contribution in [3.05, 3.63) is 77.3 Å². The van der Waals surface area contributed by atoms with Crippen molar-refractivity contribution in [2.45, 2.75) is 18.9 Å². The lowest BCUT2D eigenvalue weighted by Crippen LogP contribution is -2.45. The average Bonchev–Trinajstić information content (AvgIpc) is 2.72. The summed E-state index contributed by atoms with van der Waals surface area (Å²) in [6.07, 6.45) is 3.29. The van der Waals surface area contributed by atoms with Gasteiger partial charge in [-0.2, -0.15) is 0 Å². The second-order valence-electron chi connectivity index (χ2n) is 6.76. The number of nitrogens with one attached hydrogen (secondary N) is 2. The van der Waals surface area contributed by atoms with Gasteiger partial charge in [-0.15, -0.1) is 6.58 Å². The molecule has 2 aromatic carbocycles. The third kappa shape index (κ3) is 4.93. The molecule has 146 valence electrons. The number of anilines is 1. The number of carbonyl (C=O) groups is 2. The standard InChI is InChI=1S/C22H24ClN3O2/c1-2-12-24-22(28)19-8-3-4-9-20(19)26-13-10-18(11-14-26)25-21(27)16-6-5-7-17(23)15-16/h2-9,15,18H,1,10-14H2,(H,24,28)(H,25,27). The molecule has 0 unspecified atom stereocenters. The molecule has 6 heteroatoms. The monoisotopic (exact) mass is 397 g/mol. The molecule has 0 radical (unpaired) electrons. The molecule has 1 aliphatic rings. The first kappa shape index (κ1) is 20.0. The maximum absolute atomic E-state index is 12.4. The Morgan fingerprint density at radius 2 is 1.86 bits per heavy atom. The van der Waals surface area contributed by atoms with E-state index < -0.39 is 0 Å². The molecule has 0 atom stereocenters. The number of para-hydroxylation sites is 1. The van der Waals surface area contributed by atoms with Gasteiger partial charge in [0.15, 0.2) is 0 Å². The summed E-state index contributed by atoms with van der Waals surface area (Å²) in [7, 11) is 0. The van der Waals surface area contributed by atoms with Gasteiger partial charge in [-0.25, -0.2) is 0 Å². The van der Waals surface area contributed by atoms with Gasteiger partial charge in [-0.3, -0.25) is 9.59 Å². The lowest BCUT2D eigenvalue weighted by atomic mass is 10.0. The van der Waals surface area contributed by atoms with Gasteiger partial charge in [0.2, 0.25) is 0 Å². The van der Waals surface area contributed by atoms with Gasteiger partial charge < -0.3 is 15.5 Å². The van der Waals surface area contributed by atoms with Crippen LogP contribution in [0.25, 0.3) is 0 Å². The number of piperidine rings is 1. The number of benzene rings is 2. The van der Waals surface area contributed by atoms with Crippen LogP contribution in [0.15, 0.2) is 61.2 Å². The van der Waals surface area contributed by atoms with E-state index in [1.54, 1.807) is 30.3 Å². The zero-order valence-corrected chi connectivity index (χ0v) is 16.4. The van der Waals surface area contributed by atoms with Crippen molar-refractivity contribution >= 4 is 29.1 Å². The Balaban J connectivity index is 1.60. The molecular formula is C22H24ClN3O2. The number of halogens is 1. The first-order chi connectivity index (χ1) is 13.6. The summed E-state index contributed by atoms with van der Waals surface area (Å²) in [5, 5.41) is 6.47. The van der Waals surface area contributed by atoms with E-state index in [-0.39, 0.29) is 17.9 Å². The minimum absolute atomic E-state index is 0.101. The lowest BCUT2D eigenvalue weighted by Gasteiger charge is -2.35. The molecule has 1 fully saturated rings. The van der Waals surface area contributed by atoms with Crippen molar-refractivity contribution in [2.24, 2.45) is 0 Å². The topological polar surface area (TPSA) is 61.4 Å². The molecule has 1 saturated heterocycles. The largest absolute Gasteiger partial charge is 0.371 e. The molecule has 0 aromatic heterocycles. The van der Waals surface area contributed by atoms with Gasteiger partial charge in [-0.05, 0) is 43.2 Å². The van der Waals surface area contributed by atoms with Gasteiger partial charge in [0.25, 0.3) is 11.8 Å². The van der Waals surface area contributed by atoms with Crippen LogP contribution in [0.5, 0.6) is 0 Å². The predicted molar refractivity (Wildman–Crippen MR) is 113 cm³/mol. The van der Waals surface area contributed by atoms with E-state index in [1.807, 2.05) is 24.3 Å². The molecule has 0 saturated carbocycles. The first-order valence-corrected chi connectivity index (χ1v) is 9.76. The van der Waals surface area contributed by atoms with Gasteiger partial charge in [-0.1, -0.05) is 35.9 Å². The fourth-order valence-corrected chi connectivity index (χ4v) is 3.55. The second-order valence-corrected chi connectivity index (χ2v) is 7.20. The summed E-state index contributed by atoms with van der Waals surface area (Å²) in [6, 6.07) is 14.7. The molecule has 2 aromatic rings. The maximum Gasteiger partial charge on any atom is 0.253 e. The lowest BCUT2D eigenvalue weighted by molar-refractivity contribution is 0.0930. The number of nitrogens with zero attached hydrogens (tertiary/aromatic N) is 1. The average molecular weight is 398 g/mol. The first-order valence-electron chi connectivity index (χ1n) is 9.38. The molecule has 2 N–H and O–H groups in total.